The van der Waals surface area contributed by atoms with Gasteiger partial charge in [0.05, 0.1) is 0 Å². The molecule has 1 aromatic heterocycles. The molecule has 0 aliphatic heterocycles. The van der Waals surface area contributed by atoms with E-state index < -0.39 is 0 Å². The molecule has 1 heterocycles. The summed E-state index contributed by atoms with van der Waals surface area (Å²) in [5.41, 5.74) is 2.73. The van der Waals surface area contributed by atoms with Crippen LogP contribution in [0.3, 0.4) is 0 Å². The van der Waals surface area contributed by atoms with Crippen LogP contribution in [0.15, 0.2) is 47.8 Å². The highest BCUT2D eigenvalue weighted by molar-refractivity contribution is 7.10. The van der Waals surface area contributed by atoms with Gasteiger partial charge in [-0.1, -0.05) is 43.3 Å². The van der Waals surface area contributed by atoms with E-state index >= 15 is 0 Å². The maximum atomic E-state index is 2.28. The molecule has 0 N–H and O–H groups in total. The van der Waals surface area contributed by atoms with Crippen LogP contribution in [0.1, 0.15) is 23.8 Å². The average molecular weight is 214 g/mol. The fourth-order valence-electron chi connectivity index (χ4n) is 1.59. The standard InChI is InChI=1S/C14H14S/c1-2-12(11-14-9-6-10-15-14)13-7-4-3-5-8-13/h3-11H,2H2,1H3/b12-11-. The monoisotopic (exact) mass is 214 g/mol. The van der Waals surface area contributed by atoms with Crippen LogP contribution in [0.4, 0.5) is 0 Å². The normalized spacial score (nSPS) is 11.7. The van der Waals surface area contributed by atoms with Gasteiger partial charge >= 0.3 is 0 Å². The fourth-order valence-corrected chi connectivity index (χ4v) is 2.27. The molecule has 2 rings (SSSR count). The van der Waals surface area contributed by atoms with Crippen molar-refractivity contribution in [3.8, 4) is 0 Å². The van der Waals surface area contributed by atoms with Crippen molar-refractivity contribution < 1.29 is 0 Å². The summed E-state index contributed by atoms with van der Waals surface area (Å²) < 4.78 is 0. The molecule has 15 heavy (non-hydrogen) atoms. The molecule has 0 unspecified atom stereocenters. The second kappa shape index (κ2) is 4.94. The quantitative estimate of drug-likeness (QED) is 0.694. The van der Waals surface area contributed by atoms with Gasteiger partial charge in [0.1, 0.15) is 0 Å². The number of hydrogen-bond acceptors (Lipinski definition) is 1. The SMILES string of the molecule is CC/C(=C/c1cccs1)c1ccccc1. The molecule has 0 atom stereocenters. The maximum Gasteiger partial charge on any atom is 0.0273 e. The van der Waals surface area contributed by atoms with E-state index in [1.165, 1.54) is 16.0 Å². The number of allylic oxidation sites excluding steroid dienone is 1. The molecular weight excluding hydrogens is 200 g/mol. The third kappa shape index (κ3) is 2.57. The molecule has 0 saturated carbocycles. The molecule has 0 aliphatic rings. The molecule has 2 aromatic rings. The van der Waals surface area contributed by atoms with Gasteiger partial charge in [-0.15, -0.1) is 11.3 Å². The van der Waals surface area contributed by atoms with Gasteiger partial charge in [0.15, 0.2) is 0 Å². The molecule has 0 spiro atoms. The lowest BCUT2D eigenvalue weighted by Crippen LogP contribution is -1.80. The van der Waals surface area contributed by atoms with Gasteiger partial charge in [-0.2, -0.15) is 0 Å². The molecular formula is C14H14S. The van der Waals surface area contributed by atoms with E-state index in [0.29, 0.717) is 0 Å². The van der Waals surface area contributed by atoms with Gasteiger partial charge in [0.2, 0.25) is 0 Å². The van der Waals surface area contributed by atoms with Crippen molar-refractivity contribution in [2.75, 3.05) is 0 Å². The number of rotatable bonds is 3. The molecule has 0 aliphatic carbocycles. The predicted molar refractivity (Wildman–Crippen MR) is 68.9 cm³/mol. The first-order valence-electron chi connectivity index (χ1n) is 5.19. The van der Waals surface area contributed by atoms with Gasteiger partial charge in [-0.3, -0.25) is 0 Å². The number of benzene rings is 1. The fraction of sp³-hybridized carbons (Fsp3) is 0.143. The minimum atomic E-state index is 1.07. The summed E-state index contributed by atoms with van der Waals surface area (Å²) in [6.45, 7) is 2.20. The van der Waals surface area contributed by atoms with Crippen LogP contribution in [-0.2, 0) is 0 Å². The summed E-state index contributed by atoms with van der Waals surface area (Å²) in [7, 11) is 0. The molecule has 1 aromatic carbocycles. The highest BCUT2D eigenvalue weighted by atomic mass is 32.1. The van der Waals surface area contributed by atoms with Gasteiger partial charge in [-0.05, 0) is 35.1 Å². The predicted octanol–water partition coefficient (Wildman–Crippen LogP) is 4.70. The van der Waals surface area contributed by atoms with Crippen molar-refractivity contribution in [3.05, 3.63) is 58.3 Å². The van der Waals surface area contributed by atoms with E-state index in [9.17, 15) is 0 Å². The number of hydrogen-bond donors (Lipinski definition) is 0. The Hall–Kier alpha value is -1.34. The first kappa shape index (κ1) is 10.2. The van der Waals surface area contributed by atoms with Gasteiger partial charge < -0.3 is 0 Å². The minimum absolute atomic E-state index is 1.07. The Morgan fingerprint density at radius 2 is 1.93 bits per heavy atom. The minimum Gasteiger partial charge on any atom is -0.144 e. The Bertz CT molecular complexity index is 424. The molecule has 0 radical (unpaired) electrons. The van der Waals surface area contributed by atoms with E-state index in [2.05, 4.69) is 60.8 Å². The van der Waals surface area contributed by atoms with Crippen molar-refractivity contribution >= 4 is 23.0 Å². The van der Waals surface area contributed by atoms with Crippen LogP contribution in [-0.4, -0.2) is 0 Å². The van der Waals surface area contributed by atoms with Crippen molar-refractivity contribution in [3.63, 3.8) is 0 Å². The Labute approximate surface area is 94.9 Å². The Balaban J connectivity index is 2.33. The topological polar surface area (TPSA) is 0 Å². The van der Waals surface area contributed by atoms with Crippen molar-refractivity contribution in [2.45, 2.75) is 13.3 Å². The first-order valence-corrected chi connectivity index (χ1v) is 6.07. The Kier molecular flexibility index (Phi) is 3.36. The zero-order valence-electron chi connectivity index (χ0n) is 8.81. The van der Waals surface area contributed by atoms with E-state index in [1.807, 2.05) is 0 Å². The Morgan fingerprint density at radius 3 is 2.53 bits per heavy atom. The number of thiophene rings is 1. The highest BCUT2D eigenvalue weighted by Gasteiger charge is 1.98. The summed E-state index contributed by atoms with van der Waals surface area (Å²) in [6, 6.07) is 14.8. The lowest BCUT2D eigenvalue weighted by Gasteiger charge is -2.03. The van der Waals surface area contributed by atoms with Gasteiger partial charge in [-0.25, -0.2) is 0 Å². The van der Waals surface area contributed by atoms with Crippen molar-refractivity contribution in [1.29, 1.82) is 0 Å². The van der Waals surface area contributed by atoms with Crippen LogP contribution < -0.4 is 0 Å². The van der Waals surface area contributed by atoms with E-state index in [-0.39, 0.29) is 0 Å². The molecule has 0 fully saturated rings. The third-order valence-corrected chi connectivity index (χ3v) is 3.20. The first-order chi connectivity index (χ1) is 7.40. The third-order valence-electron chi connectivity index (χ3n) is 2.39. The molecule has 0 amide bonds. The second-order valence-electron chi connectivity index (χ2n) is 3.40. The maximum absolute atomic E-state index is 2.28. The summed E-state index contributed by atoms with van der Waals surface area (Å²) in [6.07, 6.45) is 3.35. The Morgan fingerprint density at radius 1 is 1.13 bits per heavy atom. The molecule has 0 nitrogen and oxygen atoms in total. The van der Waals surface area contributed by atoms with Crippen molar-refractivity contribution in [1.82, 2.24) is 0 Å². The molecule has 76 valence electrons. The van der Waals surface area contributed by atoms with Crippen LogP contribution in [0.5, 0.6) is 0 Å². The summed E-state index contributed by atoms with van der Waals surface area (Å²) >= 11 is 1.78. The molecule has 1 heteroatoms. The second-order valence-corrected chi connectivity index (χ2v) is 4.38. The zero-order valence-corrected chi connectivity index (χ0v) is 9.63. The van der Waals surface area contributed by atoms with E-state index in [1.54, 1.807) is 11.3 Å². The lowest BCUT2D eigenvalue weighted by molar-refractivity contribution is 1.25. The van der Waals surface area contributed by atoms with E-state index in [4.69, 9.17) is 0 Å². The summed E-state index contributed by atoms with van der Waals surface area (Å²) in [5, 5.41) is 2.12. The largest absolute Gasteiger partial charge is 0.144 e. The smallest absolute Gasteiger partial charge is 0.0273 e. The highest BCUT2D eigenvalue weighted by Crippen LogP contribution is 2.23. The van der Waals surface area contributed by atoms with Crippen LogP contribution in [0.2, 0.25) is 0 Å². The van der Waals surface area contributed by atoms with Gasteiger partial charge in [0.25, 0.3) is 0 Å². The van der Waals surface area contributed by atoms with Crippen LogP contribution >= 0.6 is 11.3 Å². The molecule has 0 saturated heterocycles. The van der Waals surface area contributed by atoms with Crippen molar-refractivity contribution in [2.24, 2.45) is 0 Å². The summed E-state index contributed by atoms with van der Waals surface area (Å²) in [4.78, 5) is 1.33. The van der Waals surface area contributed by atoms with Gasteiger partial charge in [0, 0.05) is 4.88 Å². The zero-order chi connectivity index (χ0) is 10.5. The average Bonchev–Trinajstić information content (AvgIpc) is 2.80. The lowest BCUT2D eigenvalue weighted by atomic mass is 10.0. The summed E-state index contributed by atoms with van der Waals surface area (Å²) in [5.74, 6) is 0. The van der Waals surface area contributed by atoms with Crippen LogP contribution in [0, 0.1) is 0 Å². The van der Waals surface area contributed by atoms with Crippen LogP contribution in [0.25, 0.3) is 11.6 Å². The molecule has 0 bridgehead atoms. The van der Waals surface area contributed by atoms with E-state index in [0.717, 1.165) is 6.42 Å².